The summed E-state index contributed by atoms with van der Waals surface area (Å²) in [6.07, 6.45) is 2.54. The van der Waals surface area contributed by atoms with E-state index in [1.165, 1.54) is 11.3 Å². The smallest absolute Gasteiger partial charge is 0.345 e. The molecule has 2 N–H and O–H groups in total. The molecule has 4 nitrogen and oxygen atoms in total. The van der Waals surface area contributed by atoms with E-state index in [0.29, 0.717) is 33.7 Å². The maximum absolute atomic E-state index is 11.0. The first kappa shape index (κ1) is 21.7. The highest BCUT2D eigenvalue weighted by Gasteiger charge is 2.41. The fraction of sp³-hybridized carbons (Fsp3) is 0.450. The van der Waals surface area contributed by atoms with Gasteiger partial charge in [0.15, 0.2) is 0 Å². The Balaban J connectivity index is 1.56. The molecular formula is C20H21Cl3O4S. The van der Waals surface area contributed by atoms with Gasteiger partial charge in [-0.3, -0.25) is 0 Å². The van der Waals surface area contributed by atoms with Crippen molar-refractivity contribution in [3.05, 3.63) is 50.1 Å². The van der Waals surface area contributed by atoms with Gasteiger partial charge in [-0.1, -0.05) is 23.2 Å². The van der Waals surface area contributed by atoms with Gasteiger partial charge in [-0.15, -0.1) is 22.9 Å². The van der Waals surface area contributed by atoms with Crippen LogP contribution in [0.2, 0.25) is 10.0 Å². The van der Waals surface area contributed by atoms with Crippen molar-refractivity contribution >= 4 is 52.1 Å². The molecule has 0 saturated heterocycles. The average molecular weight is 464 g/mol. The first-order valence-corrected chi connectivity index (χ1v) is 11.1. The number of thiophene rings is 1. The number of ether oxygens (including phenoxy) is 1. The molecule has 0 amide bonds. The third-order valence-corrected chi connectivity index (χ3v) is 7.16. The molecule has 1 aromatic heterocycles. The van der Waals surface area contributed by atoms with Gasteiger partial charge in [-0.25, -0.2) is 4.79 Å². The summed E-state index contributed by atoms with van der Waals surface area (Å²) in [5.74, 6) is -0.265. The Morgan fingerprint density at radius 1 is 1.18 bits per heavy atom. The minimum absolute atomic E-state index is 0.0711. The molecule has 0 aliphatic heterocycles. The highest BCUT2D eigenvalue weighted by Crippen LogP contribution is 2.40. The summed E-state index contributed by atoms with van der Waals surface area (Å²) in [7, 11) is 0. The fourth-order valence-corrected chi connectivity index (χ4v) is 5.60. The van der Waals surface area contributed by atoms with Crippen molar-refractivity contribution in [1.29, 1.82) is 0 Å². The van der Waals surface area contributed by atoms with Crippen LogP contribution in [0.25, 0.3) is 0 Å². The largest absolute Gasteiger partial charge is 0.493 e. The number of aromatic carboxylic acids is 1. The summed E-state index contributed by atoms with van der Waals surface area (Å²) < 4.78 is 5.84. The number of carbonyl (C=O) groups is 1. The summed E-state index contributed by atoms with van der Waals surface area (Å²) in [6, 6.07) is 8.52. The molecule has 1 aliphatic rings. The van der Waals surface area contributed by atoms with E-state index in [2.05, 4.69) is 0 Å². The predicted molar refractivity (Wildman–Crippen MR) is 113 cm³/mol. The molecule has 1 heterocycles. The van der Waals surface area contributed by atoms with Crippen LogP contribution in [-0.2, 0) is 6.42 Å². The Morgan fingerprint density at radius 3 is 2.54 bits per heavy atom. The number of aliphatic hydroxyl groups excluding tert-OH is 1. The van der Waals surface area contributed by atoms with Crippen molar-refractivity contribution in [3.8, 4) is 5.75 Å². The third kappa shape index (κ3) is 5.55. The number of alkyl halides is 1. The lowest BCUT2D eigenvalue weighted by atomic mass is 9.90. The van der Waals surface area contributed by atoms with Crippen LogP contribution in [0.4, 0.5) is 0 Å². The maximum atomic E-state index is 11.0. The molecule has 0 spiro atoms. The van der Waals surface area contributed by atoms with E-state index in [-0.39, 0.29) is 17.2 Å². The number of halogens is 3. The summed E-state index contributed by atoms with van der Waals surface area (Å²) in [6.45, 7) is 0.341. The van der Waals surface area contributed by atoms with Crippen molar-refractivity contribution in [1.82, 2.24) is 0 Å². The van der Waals surface area contributed by atoms with Gasteiger partial charge in [0.2, 0.25) is 0 Å². The first-order valence-electron chi connectivity index (χ1n) is 9.06. The number of rotatable bonds is 8. The standard InChI is InChI=1S/C20H21Cl3O4S/c21-11-6-12(22)8-13(7-11)27-10-16-15(17(23)9-18(16)24)3-1-2-14-4-5-19(28-14)20(25)26/h4-8,15-18,24H,1-3,9-10H2,(H,25,26). The van der Waals surface area contributed by atoms with Crippen molar-refractivity contribution in [2.45, 2.75) is 37.2 Å². The molecule has 0 bridgehead atoms. The molecule has 4 atom stereocenters. The molecule has 28 heavy (non-hydrogen) atoms. The maximum Gasteiger partial charge on any atom is 0.345 e. The Hall–Kier alpha value is -0.980. The second-order valence-electron chi connectivity index (χ2n) is 7.03. The lowest BCUT2D eigenvalue weighted by Crippen LogP contribution is -2.27. The van der Waals surface area contributed by atoms with Gasteiger partial charge >= 0.3 is 5.97 Å². The second kappa shape index (κ2) is 9.68. The molecule has 4 unspecified atom stereocenters. The average Bonchev–Trinajstić information content (AvgIpc) is 3.18. The van der Waals surface area contributed by atoms with Gasteiger partial charge in [-0.2, -0.15) is 0 Å². The minimum Gasteiger partial charge on any atom is -0.493 e. The zero-order chi connectivity index (χ0) is 20.3. The number of hydrogen-bond acceptors (Lipinski definition) is 4. The summed E-state index contributed by atoms with van der Waals surface area (Å²) in [5.41, 5.74) is 0. The Kier molecular flexibility index (Phi) is 7.51. The van der Waals surface area contributed by atoms with Gasteiger partial charge < -0.3 is 14.9 Å². The van der Waals surface area contributed by atoms with Crippen LogP contribution >= 0.6 is 46.1 Å². The monoisotopic (exact) mass is 462 g/mol. The molecule has 1 saturated carbocycles. The van der Waals surface area contributed by atoms with Crippen LogP contribution in [0.3, 0.4) is 0 Å². The van der Waals surface area contributed by atoms with Crippen LogP contribution in [0.1, 0.15) is 33.8 Å². The number of aryl methyl sites for hydroxylation is 1. The first-order chi connectivity index (χ1) is 13.3. The van der Waals surface area contributed by atoms with Gasteiger partial charge in [0, 0.05) is 26.2 Å². The number of carboxylic acids is 1. The van der Waals surface area contributed by atoms with Gasteiger partial charge in [0.25, 0.3) is 0 Å². The van der Waals surface area contributed by atoms with Crippen LogP contribution in [0.5, 0.6) is 5.75 Å². The van der Waals surface area contributed by atoms with E-state index in [4.69, 9.17) is 44.6 Å². The second-order valence-corrected chi connectivity index (χ2v) is 9.63. The predicted octanol–water partition coefficient (Wildman–Crippen LogP) is 5.76. The lowest BCUT2D eigenvalue weighted by molar-refractivity contribution is 0.0701. The number of hydrogen-bond donors (Lipinski definition) is 2. The highest BCUT2D eigenvalue weighted by molar-refractivity contribution is 7.13. The molecule has 1 fully saturated rings. The molecule has 1 aliphatic carbocycles. The van der Waals surface area contributed by atoms with E-state index in [1.54, 1.807) is 24.3 Å². The van der Waals surface area contributed by atoms with Crippen LogP contribution in [0, 0.1) is 11.8 Å². The van der Waals surface area contributed by atoms with Crippen molar-refractivity contribution in [2.75, 3.05) is 6.61 Å². The molecule has 3 rings (SSSR count). The Morgan fingerprint density at radius 2 is 1.89 bits per heavy atom. The van der Waals surface area contributed by atoms with E-state index in [9.17, 15) is 9.90 Å². The zero-order valence-corrected chi connectivity index (χ0v) is 18.1. The van der Waals surface area contributed by atoms with E-state index in [0.717, 1.165) is 24.1 Å². The van der Waals surface area contributed by atoms with Crippen molar-refractivity contribution in [3.63, 3.8) is 0 Å². The minimum atomic E-state index is -0.894. The van der Waals surface area contributed by atoms with E-state index in [1.807, 2.05) is 6.07 Å². The van der Waals surface area contributed by atoms with Gasteiger partial charge in [-0.05, 0) is 61.9 Å². The molecule has 2 aromatic rings. The highest BCUT2D eigenvalue weighted by atomic mass is 35.5. The van der Waals surface area contributed by atoms with Crippen molar-refractivity contribution in [2.24, 2.45) is 11.8 Å². The van der Waals surface area contributed by atoms with Crippen LogP contribution in [0.15, 0.2) is 30.3 Å². The number of carboxylic acid groups (broad SMARTS) is 1. The van der Waals surface area contributed by atoms with Crippen LogP contribution in [-0.4, -0.2) is 34.3 Å². The van der Waals surface area contributed by atoms with E-state index >= 15 is 0 Å². The zero-order valence-electron chi connectivity index (χ0n) is 15.0. The van der Waals surface area contributed by atoms with Gasteiger partial charge in [0.05, 0.1) is 12.7 Å². The third-order valence-electron chi connectivity index (χ3n) is 5.09. The molecule has 8 heteroatoms. The summed E-state index contributed by atoms with van der Waals surface area (Å²) >= 11 is 19.8. The topological polar surface area (TPSA) is 66.8 Å². The van der Waals surface area contributed by atoms with Gasteiger partial charge in [0.1, 0.15) is 10.6 Å². The molecule has 152 valence electrons. The molecule has 0 radical (unpaired) electrons. The number of benzene rings is 1. The Labute approximate surface area is 183 Å². The molecule has 1 aromatic carbocycles. The normalized spacial score (nSPS) is 24.4. The fourth-order valence-electron chi connectivity index (χ4n) is 3.71. The van der Waals surface area contributed by atoms with E-state index < -0.39 is 12.1 Å². The summed E-state index contributed by atoms with van der Waals surface area (Å²) in [5, 5.41) is 20.3. The van der Waals surface area contributed by atoms with Crippen LogP contribution < -0.4 is 4.74 Å². The lowest BCUT2D eigenvalue weighted by Gasteiger charge is -2.23. The SMILES string of the molecule is O=C(O)c1ccc(CCCC2C(Cl)CC(O)C2COc2cc(Cl)cc(Cl)c2)s1. The number of aliphatic hydroxyl groups is 1. The quantitative estimate of drug-likeness (QED) is 0.488. The molecular weight excluding hydrogens is 443 g/mol. The Bertz CT molecular complexity index is 805. The summed E-state index contributed by atoms with van der Waals surface area (Å²) in [4.78, 5) is 12.4. The van der Waals surface area contributed by atoms with Crippen molar-refractivity contribution < 1.29 is 19.7 Å².